The zero-order chi connectivity index (χ0) is 20.4. The van der Waals surface area contributed by atoms with Crippen molar-refractivity contribution in [3.05, 3.63) is 60.7 Å². The summed E-state index contributed by atoms with van der Waals surface area (Å²) in [6, 6.07) is 19.2. The molecule has 0 aliphatic carbocycles. The van der Waals surface area contributed by atoms with Gasteiger partial charge in [0.05, 0.1) is 12.3 Å². The van der Waals surface area contributed by atoms with Crippen molar-refractivity contribution in [1.82, 2.24) is 0 Å². The Bertz CT molecular complexity index is 772. The summed E-state index contributed by atoms with van der Waals surface area (Å²) in [7, 11) is 0. The Labute approximate surface area is 178 Å². The zero-order valence-corrected chi connectivity index (χ0v) is 19.2. The van der Waals surface area contributed by atoms with Crippen LogP contribution in [0.15, 0.2) is 60.7 Å². The molecule has 2 aromatic carbocycles. The molecular formula is C21H29N2O2PS2. The average Bonchev–Trinajstić information content (AvgIpc) is 2.68. The first-order valence-electron chi connectivity index (χ1n) is 9.57. The molecule has 0 aromatic heterocycles. The molecule has 1 N–H and O–H groups in total. The van der Waals surface area contributed by atoms with E-state index in [0.717, 1.165) is 30.0 Å². The molecule has 0 bridgehead atoms. The highest BCUT2D eigenvalue weighted by Gasteiger charge is 2.36. The summed E-state index contributed by atoms with van der Waals surface area (Å²) in [5, 5.41) is 3.59. The van der Waals surface area contributed by atoms with Crippen LogP contribution in [0.25, 0.3) is 0 Å². The number of benzene rings is 2. The Morgan fingerprint density at radius 1 is 1.14 bits per heavy atom. The van der Waals surface area contributed by atoms with E-state index < -0.39 is 6.72 Å². The number of nitrogens with one attached hydrogen (secondary N) is 1. The molecule has 0 spiro atoms. The van der Waals surface area contributed by atoms with Gasteiger partial charge in [0.25, 0.3) is 0 Å². The molecule has 7 heteroatoms. The van der Waals surface area contributed by atoms with Gasteiger partial charge in [-0.2, -0.15) is 0 Å². The van der Waals surface area contributed by atoms with Crippen LogP contribution in [0.4, 0.5) is 11.4 Å². The number of hydrogen-bond donors (Lipinski definition) is 1. The van der Waals surface area contributed by atoms with Crippen LogP contribution in [0, 0.1) is 5.92 Å². The van der Waals surface area contributed by atoms with Crippen LogP contribution in [0.2, 0.25) is 0 Å². The van der Waals surface area contributed by atoms with E-state index in [1.807, 2.05) is 60.7 Å². The van der Waals surface area contributed by atoms with Crippen LogP contribution in [-0.2, 0) is 9.09 Å². The van der Waals surface area contributed by atoms with Gasteiger partial charge in [0.2, 0.25) is 0 Å². The second-order valence-corrected chi connectivity index (χ2v) is 11.5. The predicted octanol–water partition coefficient (Wildman–Crippen LogP) is 7.20. The molecule has 1 atom stereocenters. The fraction of sp³-hybridized carbons (Fsp3) is 0.381. The highest BCUT2D eigenvalue weighted by molar-refractivity contribution is 8.57. The number of para-hydroxylation sites is 2. The standard InChI is InChI=1S/C21H29N2O2PS2/c1-4-5-16-25-26(24,28-17-18(2)3)23(20-14-10-7-11-15-20)21(27)22-19-12-8-6-9-13-19/h6-15,18H,4-5,16-17H2,1-3H3,(H,22,27). The molecule has 0 aliphatic heterocycles. The first kappa shape index (κ1) is 23.0. The van der Waals surface area contributed by atoms with Crippen LogP contribution in [0.3, 0.4) is 0 Å². The molecule has 0 saturated carbocycles. The van der Waals surface area contributed by atoms with Crippen LogP contribution < -0.4 is 9.99 Å². The first-order valence-corrected chi connectivity index (χ1v) is 13.1. The minimum Gasteiger partial charge on any atom is -0.332 e. The Hall–Kier alpha value is -1.33. The van der Waals surface area contributed by atoms with Gasteiger partial charge < -0.3 is 9.84 Å². The van der Waals surface area contributed by atoms with Crippen molar-refractivity contribution in [1.29, 1.82) is 0 Å². The lowest BCUT2D eigenvalue weighted by Gasteiger charge is -2.33. The van der Waals surface area contributed by atoms with Gasteiger partial charge in [-0.3, -0.25) is 4.57 Å². The summed E-state index contributed by atoms with van der Waals surface area (Å²) in [6.07, 6.45) is 1.83. The molecule has 152 valence electrons. The van der Waals surface area contributed by atoms with E-state index >= 15 is 0 Å². The van der Waals surface area contributed by atoms with Gasteiger partial charge in [-0.25, -0.2) is 4.67 Å². The third-order valence-corrected chi connectivity index (χ3v) is 9.01. The molecule has 0 radical (unpaired) electrons. The molecule has 2 aromatic rings. The molecule has 0 saturated heterocycles. The monoisotopic (exact) mass is 436 g/mol. The Morgan fingerprint density at radius 2 is 1.75 bits per heavy atom. The van der Waals surface area contributed by atoms with Gasteiger partial charge >= 0.3 is 6.72 Å². The Balaban J connectivity index is 2.37. The summed E-state index contributed by atoms with van der Waals surface area (Å²) in [4.78, 5) is 0. The molecule has 0 heterocycles. The Kier molecular flexibility index (Phi) is 9.52. The van der Waals surface area contributed by atoms with Crippen LogP contribution in [0.1, 0.15) is 33.6 Å². The molecule has 1 unspecified atom stereocenters. The van der Waals surface area contributed by atoms with E-state index in [1.54, 1.807) is 4.67 Å². The molecule has 0 aliphatic rings. The quantitative estimate of drug-likeness (QED) is 0.241. The van der Waals surface area contributed by atoms with Crippen molar-refractivity contribution in [3.8, 4) is 0 Å². The number of thiocarbonyl (C=S) groups is 1. The Morgan fingerprint density at radius 3 is 2.32 bits per heavy atom. The highest BCUT2D eigenvalue weighted by atomic mass is 32.7. The van der Waals surface area contributed by atoms with Crippen molar-refractivity contribution in [2.75, 3.05) is 22.3 Å². The van der Waals surface area contributed by atoms with Gasteiger partial charge in [-0.15, -0.1) is 0 Å². The molecule has 28 heavy (non-hydrogen) atoms. The second kappa shape index (κ2) is 11.6. The maximum Gasteiger partial charge on any atom is 0.359 e. The zero-order valence-electron chi connectivity index (χ0n) is 16.7. The van der Waals surface area contributed by atoms with E-state index in [0.29, 0.717) is 17.6 Å². The van der Waals surface area contributed by atoms with Gasteiger partial charge in [0.15, 0.2) is 5.11 Å². The molecular weight excluding hydrogens is 407 g/mol. The third-order valence-electron chi connectivity index (χ3n) is 3.79. The maximum absolute atomic E-state index is 14.1. The first-order chi connectivity index (χ1) is 13.5. The van der Waals surface area contributed by atoms with E-state index in [4.69, 9.17) is 16.7 Å². The normalized spacial score (nSPS) is 13.1. The molecule has 0 amide bonds. The van der Waals surface area contributed by atoms with Crippen LogP contribution >= 0.6 is 30.3 Å². The van der Waals surface area contributed by atoms with E-state index in [9.17, 15) is 4.57 Å². The predicted molar refractivity (Wildman–Crippen MR) is 127 cm³/mol. The third kappa shape index (κ3) is 6.93. The number of anilines is 2. The van der Waals surface area contributed by atoms with Crippen molar-refractivity contribution < 1.29 is 9.09 Å². The van der Waals surface area contributed by atoms with Crippen molar-refractivity contribution in [2.45, 2.75) is 33.6 Å². The summed E-state index contributed by atoms with van der Waals surface area (Å²) in [5.74, 6) is 1.11. The summed E-state index contributed by atoms with van der Waals surface area (Å²) in [5.41, 5.74) is 1.61. The smallest absolute Gasteiger partial charge is 0.332 e. The van der Waals surface area contributed by atoms with Gasteiger partial charge in [-0.1, -0.05) is 63.6 Å². The SMILES string of the molecule is CCCCOP(=O)(SCC(C)C)N(C(=S)Nc1ccccc1)c1ccccc1. The minimum atomic E-state index is -3.28. The van der Waals surface area contributed by atoms with Crippen LogP contribution in [-0.4, -0.2) is 17.5 Å². The lowest BCUT2D eigenvalue weighted by atomic mass is 10.3. The van der Waals surface area contributed by atoms with Crippen molar-refractivity contribution in [3.63, 3.8) is 0 Å². The number of rotatable bonds is 10. The van der Waals surface area contributed by atoms with Gasteiger partial charge in [0, 0.05) is 11.4 Å². The van der Waals surface area contributed by atoms with E-state index in [1.165, 1.54) is 11.4 Å². The number of hydrogen-bond acceptors (Lipinski definition) is 4. The summed E-state index contributed by atoms with van der Waals surface area (Å²) < 4.78 is 21.7. The summed E-state index contributed by atoms with van der Waals surface area (Å²) in [6.45, 7) is 3.46. The fourth-order valence-corrected chi connectivity index (χ4v) is 7.68. The number of nitrogens with zero attached hydrogens (tertiary/aromatic N) is 1. The van der Waals surface area contributed by atoms with Crippen molar-refractivity contribution >= 4 is 46.8 Å². The minimum absolute atomic E-state index is 0.369. The summed E-state index contributed by atoms with van der Waals surface area (Å²) >= 11 is 7.05. The lowest BCUT2D eigenvalue weighted by Crippen LogP contribution is -2.32. The average molecular weight is 437 g/mol. The van der Waals surface area contributed by atoms with E-state index in [-0.39, 0.29) is 0 Å². The molecule has 2 rings (SSSR count). The second-order valence-electron chi connectivity index (χ2n) is 6.79. The van der Waals surface area contributed by atoms with Gasteiger partial charge in [-0.05, 0) is 60.2 Å². The molecule has 0 fully saturated rings. The van der Waals surface area contributed by atoms with Gasteiger partial charge in [0.1, 0.15) is 0 Å². The topological polar surface area (TPSA) is 41.6 Å². The lowest BCUT2D eigenvalue weighted by molar-refractivity contribution is 0.317. The van der Waals surface area contributed by atoms with E-state index in [2.05, 4.69) is 26.1 Å². The number of unbranched alkanes of at least 4 members (excludes halogenated alkanes) is 1. The maximum atomic E-state index is 14.1. The molecule has 4 nitrogen and oxygen atoms in total. The highest BCUT2D eigenvalue weighted by Crippen LogP contribution is 2.64. The van der Waals surface area contributed by atoms with Crippen LogP contribution in [0.5, 0.6) is 0 Å². The largest absolute Gasteiger partial charge is 0.359 e. The van der Waals surface area contributed by atoms with Crippen molar-refractivity contribution in [2.24, 2.45) is 5.92 Å². The fourth-order valence-electron chi connectivity index (χ4n) is 2.36.